The van der Waals surface area contributed by atoms with Crippen LogP contribution in [0.15, 0.2) is 22.7 Å². The van der Waals surface area contributed by atoms with Crippen LogP contribution in [-0.2, 0) is 4.74 Å². The maximum Gasteiger partial charge on any atom is 0.139 e. The van der Waals surface area contributed by atoms with E-state index in [0.717, 1.165) is 4.47 Å². The lowest BCUT2D eigenvalue weighted by Gasteiger charge is -2.08. The summed E-state index contributed by atoms with van der Waals surface area (Å²) in [6.45, 7) is 1.51. The van der Waals surface area contributed by atoms with Gasteiger partial charge in [-0.2, -0.15) is 0 Å². The van der Waals surface area contributed by atoms with Crippen LogP contribution in [-0.4, -0.2) is 25.7 Å². The highest BCUT2D eigenvalue weighted by molar-refractivity contribution is 9.10. The second kappa shape index (κ2) is 7.34. The summed E-state index contributed by atoms with van der Waals surface area (Å²) in [6.07, 6.45) is 0. The highest BCUT2D eigenvalue weighted by atomic mass is 79.9. The van der Waals surface area contributed by atoms with Crippen molar-refractivity contribution in [3.63, 3.8) is 0 Å². The summed E-state index contributed by atoms with van der Waals surface area (Å²) < 4.78 is 11.5. The van der Waals surface area contributed by atoms with Crippen molar-refractivity contribution >= 4 is 39.1 Å². The summed E-state index contributed by atoms with van der Waals surface area (Å²) in [5.41, 5.74) is 0. The van der Waals surface area contributed by atoms with Gasteiger partial charge in [0.25, 0.3) is 0 Å². The average molecular weight is 314 g/mol. The van der Waals surface area contributed by atoms with Gasteiger partial charge >= 0.3 is 0 Å². The van der Waals surface area contributed by atoms with Crippen molar-refractivity contribution in [2.24, 2.45) is 0 Å². The number of alkyl halides is 1. The van der Waals surface area contributed by atoms with Crippen molar-refractivity contribution < 1.29 is 9.47 Å². The first-order valence-electron chi connectivity index (χ1n) is 4.45. The first kappa shape index (κ1) is 13.1. The van der Waals surface area contributed by atoms with E-state index in [4.69, 9.17) is 32.7 Å². The van der Waals surface area contributed by atoms with Crippen LogP contribution in [0.25, 0.3) is 0 Å². The minimum Gasteiger partial charge on any atom is -0.490 e. The minimum atomic E-state index is 0.465. The maximum absolute atomic E-state index is 5.93. The zero-order chi connectivity index (χ0) is 11.1. The smallest absolute Gasteiger partial charge is 0.139 e. The molecule has 0 aliphatic rings. The molecule has 1 rings (SSSR count). The Balaban J connectivity index is 2.33. The molecule has 0 heterocycles. The van der Waals surface area contributed by atoms with Crippen molar-refractivity contribution in [3.8, 4) is 5.75 Å². The molecular formula is C10H11BrCl2O2. The molecule has 0 aromatic heterocycles. The van der Waals surface area contributed by atoms with Gasteiger partial charge in [0.2, 0.25) is 0 Å². The number of hydrogen-bond acceptors (Lipinski definition) is 2. The largest absolute Gasteiger partial charge is 0.490 e. The quantitative estimate of drug-likeness (QED) is 0.588. The van der Waals surface area contributed by atoms with Crippen LogP contribution in [0.2, 0.25) is 5.02 Å². The Morgan fingerprint density at radius 1 is 1.20 bits per heavy atom. The summed E-state index contributed by atoms with van der Waals surface area (Å²) in [5, 5.41) is 0.593. The molecule has 0 atom stereocenters. The first-order valence-corrected chi connectivity index (χ1v) is 6.16. The lowest BCUT2D eigenvalue weighted by Crippen LogP contribution is -2.08. The molecule has 15 heavy (non-hydrogen) atoms. The van der Waals surface area contributed by atoms with Crippen LogP contribution in [0.5, 0.6) is 5.75 Å². The Kier molecular flexibility index (Phi) is 6.41. The topological polar surface area (TPSA) is 18.5 Å². The molecule has 2 nitrogen and oxygen atoms in total. The second-order valence-electron chi connectivity index (χ2n) is 2.72. The number of hydrogen-bond donors (Lipinski definition) is 0. The van der Waals surface area contributed by atoms with Gasteiger partial charge in [-0.1, -0.05) is 27.5 Å². The summed E-state index contributed by atoms with van der Waals surface area (Å²) in [6, 6.07) is 5.46. The van der Waals surface area contributed by atoms with E-state index < -0.39 is 0 Å². The van der Waals surface area contributed by atoms with Gasteiger partial charge in [0.15, 0.2) is 0 Å². The van der Waals surface area contributed by atoms with Crippen LogP contribution < -0.4 is 4.74 Å². The van der Waals surface area contributed by atoms with Gasteiger partial charge in [-0.05, 0) is 18.2 Å². The van der Waals surface area contributed by atoms with Gasteiger partial charge in [0, 0.05) is 10.4 Å². The molecule has 0 amide bonds. The fourth-order valence-electron chi connectivity index (χ4n) is 0.955. The number of halogens is 3. The Bertz CT molecular complexity index is 307. The third-order valence-corrected chi connectivity index (χ3v) is 2.56. The summed E-state index contributed by atoms with van der Waals surface area (Å²) >= 11 is 14.7. The average Bonchev–Trinajstić information content (AvgIpc) is 2.23. The predicted molar refractivity (Wildman–Crippen MR) is 66.2 cm³/mol. The standard InChI is InChI=1S/C10H11BrCl2O2/c11-8-1-2-9(13)10(7-8)15-6-5-14-4-3-12/h1-2,7H,3-6H2. The van der Waals surface area contributed by atoms with Crippen molar-refractivity contribution in [1.29, 1.82) is 0 Å². The highest BCUT2D eigenvalue weighted by Crippen LogP contribution is 2.27. The SMILES string of the molecule is ClCCOCCOc1cc(Br)ccc1Cl. The molecule has 0 unspecified atom stereocenters. The fourth-order valence-corrected chi connectivity index (χ4v) is 1.58. The molecular weight excluding hydrogens is 303 g/mol. The van der Waals surface area contributed by atoms with Gasteiger partial charge in [-0.15, -0.1) is 11.6 Å². The maximum atomic E-state index is 5.93. The molecule has 0 fully saturated rings. The molecule has 84 valence electrons. The van der Waals surface area contributed by atoms with E-state index in [-0.39, 0.29) is 0 Å². The third kappa shape index (κ3) is 5.07. The van der Waals surface area contributed by atoms with Crippen molar-refractivity contribution in [2.45, 2.75) is 0 Å². The number of ether oxygens (including phenoxy) is 2. The van der Waals surface area contributed by atoms with Crippen LogP contribution >= 0.6 is 39.1 Å². The molecule has 0 N–H and O–H groups in total. The van der Waals surface area contributed by atoms with E-state index in [1.807, 2.05) is 12.1 Å². The Morgan fingerprint density at radius 3 is 2.73 bits per heavy atom. The molecule has 0 aliphatic carbocycles. The van der Waals surface area contributed by atoms with Crippen molar-refractivity contribution in [2.75, 3.05) is 25.7 Å². The second-order valence-corrected chi connectivity index (χ2v) is 4.43. The van der Waals surface area contributed by atoms with Gasteiger partial charge < -0.3 is 9.47 Å². The van der Waals surface area contributed by atoms with E-state index in [1.54, 1.807) is 6.07 Å². The van der Waals surface area contributed by atoms with Crippen molar-refractivity contribution in [3.05, 3.63) is 27.7 Å². The monoisotopic (exact) mass is 312 g/mol. The molecule has 0 saturated carbocycles. The van der Waals surface area contributed by atoms with Crippen molar-refractivity contribution in [1.82, 2.24) is 0 Å². The lowest BCUT2D eigenvalue weighted by molar-refractivity contribution is 0.111. The van der Waals surface area contributed by atoms with Crippen LogP contribution in [0.4, 0.5) is 0 Å². The Hall–Kier alpha value is 0.0400. The van der Waals surface area contributed by atoms with Gasteiger partial charge in [-0.25, -0.2) is 0 Å². The Morgan fingerprint density at radius 2 is 2.00 bits per heavy atom. The van der Waals surface area contributed by atoms with Gasteiger partial charge in [-0.3, -0.25) is 0 Å². The predicted octanol–water partition coefficient (Wildman–Crippen LogP) is 3.74. The van der Waals surface area contributed by atoms with E-state index >= 15 is 0 Å². The fraction of sp³-hybridized carbons (Fsp3) is 0.400. The zero-order valence-electron chi connectivity index (χ0n) is 8.01. The summed E-state index contributed by atoms with van der Waals surface area (Å²) in [7, 11) is 0. The minimum absolute atomic E-state index is 0.465. The summed E-state index contributed by atoms with van der Waals surface area (Å²) in [5.74, 6) is 1.15. The number of benzene rings is 1. The van der Waals surface area contributed by atoms with Crippen LogP contribution in [0, 0.1) is 0 Å². The highest BCUT2D eigenvalue weighted by Gasteiger charge is 2.01. The van der Waals surface area contributed by atoms with E-state index in [9.17, 15) is 0 Å². The first-order chi connectivity index (χ1) is 7.24. The summed E-state index contributed by atoms with van der Waals surface area (Å²) in [4.78, 5) is 0. The zero-order valence-corrected chi connectivity index (χ0v) is 11.1. The van der Waals surface area contributed by atoms with Gasteiger partial charge in [0.05, 0.1) is 18.2 Å². The van der Waals surface area contributed by atoms with E-state index in [0.29, 0.717) is 36.5 Å². The molecule has 5 heteroatoms. The third-order valence-electron chi connectivity index (χ3n) is 1.60. The van der Waals surface area contributed by atoms with E-state index in [2.05, 4.69) is 15.9 Å². The molecule has 1 aromatic carbocycles. The number of rotatable bonds is 6. The molecule has 0 saturated heterocycles. The molecule has 0 bridgehead atoms. The lowest BCUT2D eigenvalue weighted by atomic mass is 10.3. The molecule has 0 aliphatic heterocycles. The molecule has 0 radical (unpaired) electrons. The van der Waals surface area contributed by atoms with Crippen LogP contribution in [0.3, 0.4) is 0 Å². The molecule has 1 aromatic rings. The van der Waals surface area contributed by atoms with E-state index in [1.165, 1.54) is 0 Å². The normalized spacial score (nSPS) is 10.3. The van der Waals surface area contributed by atoms with Gasteiger partial charge in [0.1, 0.15) is 12.4 Å². The molecule has 0 spiro atoms. The van der Waals surface area contributed by atoms with Crippen LogP contribution in [0.1, 0.15) is 0 Å². The Labute approximate surface area is 108 Å².